The van der Waals surface area contributed by atoms with Gasteiger partial charge >= 0.3 is 0 Å². The van der Waals surface area contributed by atoms with Gasteiger partial charge in [-0.15, -0.1) is 0 Å². The minimum absolute atomic E-state index is 0.0592. The number of amides is 1. The van der Waals surface area contributed by atoms with Crippen LogP contribution in [0, 0.1) is 5.92 Å². The average molecular weight is 340 g/mol. The number of carbonyl (C=O) groups is 1. The van der Waals surface area contributed by atoms with Gasteiger partial charge in [-0.05, 0) is 31.2 Å². The van der Waals surface area contributed by atoms with E-state index in [4.69, 9.17) is 11.6 Å². The molecule has 0 bridgehead atoms. The van der Waals surface area contributed by atoms with Gasteiger partial charge in [-0.25, -0.2) is 0 Å². The standard InChI is InChI=1S/C17H26ClN3O2/c1-12(2)16(22)11-17(23)19-13-4-5-15(14(18)10-13)21-8-6-20(3)7-9-21/h4-5,10,12,16,22H,6-9,11H2,1-3H3,(H,19,23). The van der Waals surface area contributed by atoms with Crippen molar-refractivity contribution in [2.45, 2.75) is 26.4 Å². The summed E-state index contributed by atoms with van der Waals surface area (Å²) in [5.41, 5.74) is 1.66. The van der Waals surface area contributed by atoms with Crippen LogP contribution in [0.4, 0.5) is 11.4 Å². The molecule has 1 amide bonds. The third-order valence-corrected chi connectivity index (χ3v) is 4.54. The van der Waals surface area contributed by atoms with E-state index in [9.17, 15) is 9.90 Å². The molecule has 1 aromatic rings. The predicted molar refractivity (Wildman–Crippen MR) is 95.3 cm³/mol. The highest BCUT2D eigenvalue weighted by molar-refractivity contribution is 6.33. The number of rotatable bonds is 5. The normalized spacial score (nSPS) is 17.4. The Hall–Kier alpha value is -1.30. The molecule has 1 unspecified atom stereocenters. The first kappa shape index (κ1) is 18.0. The fourth-order valence-electron chi connectivity index (χ4n) is 2.53. The molecule has 2 rings (SSSR count). The monoisotopic (exact) mass is 339 g/mol. The number of anilines is 2. The van der Waals surface area contributed by atoms with Crippen LogP contribution in [0.1, 0.15) is 20.3 Å². The number of benzene rings is 1. The Morgan fingerprint density at radius 1 is 1.30 bits per heavy atom. The van der Waals surface area contributed by atoms with E-state index in [0.29, 0.717) is 10.7 Å². The van der Waals surface area contributed by atoms with Crippen molar-refractivity contribution in [3.05, 3.63) is 23.2 Å². The number of nitrogens with zero attached hydrogens (tertiary/aromatic N) is 2. The van der Waals surface area contributed by atoms with Crippen LogP contribution >= 0.6 is 11.6 Å². The molecule has 0 spiro atoms. The van der Waals surface area contributed by atoms with Crippen molar-refractivity contribution in [1.82, 2.24) is 4.90 Å². The molecular weight excluding hydrogens is 314 g/mol. The van der Waals surface area contributed by atoms with Gasteiger partial charge in [0.15, 0.2) is 0 Å². The minimum Gasteiger partial charge on any atom is -0.392 e. The Bertz CT molecular complexity index is 543. The molecule has 1 saturated heterocycles. The molecule has 128 valence electrons. The zero-order valence-electron chi connectivity index (χ0n) is 14.1. The molecule has 1 aromatic carbocycles. The van der Waals surface area contributed by atoms with Crippen LogP contribution < -0.4 is 10.2 Å². The maximum atomic E-state index is 11.9. The summed E-state index contributed by atoms with van der Waals surface area (Å²) < 4.78 is 0. The lowest BCUT2D eigenvalue weighted by atomic mass is 10.0. The molecule has 1 aliphatic rings. The lowest BCUT2D eigenvalue weighted by molar-refractivity contribution is -0.118. The van der Waals surface area contributed by atoms with Crippen LogP contribution in [0.5, 0.6) is 0 Å². The van der Waals surface area contributed by atoms with Crippen LogP contribution in [0.25, 0.3) is 0 Å². The summed E-state index contributed by atoms with van der Waals surface area (Å²) in [6.07, 6.45) is -0.537. The molecular formula is C17H26ClN3O2. The zero-order valence-corrected chi connectivity index (χ0v) is 14.8. The van der Waals surface area contributed by atoms with Crippen LogP contribution in [0.15, 0.2) is 18.2 Å². The minimum atomic E-state index is -0.630. The molecule has 0 aliphatic carbocycles. The second-order valence-corrected chi connectivity index (χ2v) is 6.93. The number of carbonyl (C=O) groups excluding carboxylic acids is 1. The van der Waals surface area contributed by atoms with Crippen molar-refractivity contribution in [2.24, 2.45) is 5.92 Å². The first-order valence-corrected chi connectivity index (χ1v) is 8.45. The summed E-state index contributed by atoms with van der Waals surface area (Å²) in [6, 6.07) is 5.58. The van der Waals surface area contributed by atoms with Gasteiger partial charge in [-0.2, -0.15) is 0 Å². The van der Waals surface area contributed by atoms with Crippen molar-refractivity contribution in [1.29, 1.82) is 0 Å². The quantitative estimate of drug-likeness (QED) is 0.865. The van der Waals surface area contributed by atoms with Gasteiger partial charge in [0, 0.05) is 31.9 Å². The van der Waals surface area contributed by atoms with Gasteiger partial charge in [-0.1, -0.05) is 25.4 Å². The third-order valence-electron chi connectivity index (χ3n) is 4.24. The molecule has 0 aromatic heterocycles. The molecule has 0 radical (unpaired) electrons. The van der Waals surface area contributed by atoms with E-state index < -0.39 is 6.10 Å². The molecule has 0 saturated carbocycles. The molecule has 1 fully saturated rings. The van der Waals surface area contributed by atoms with Crippen LogP contribution in [-0.4, -0.2) is 55.2 Å². The highest BCUT2D eigenvalue weighted by Crippen LogP contribution is 2.29. The van der Waals surface area contributed by atoms with E-state index in [2.05, 4.69) is 22.2 Å². The highest BCUT2D eigenvalue weighted by Gasteiger charge is 2.18. The molecule has 23 heavy (non-hydrogen) atoms. The van der Waals surface area contributed by atoms with Crippen molar-refractivity contribution < 1.29 is 9.90 Å². The fourth-order valence-corrected chi connectivity index (χ4v) is 2.83. The van der Waals surface area contributed by atoms with Gasteiger partial charge in [0.25, 0.3) is 0 Å². The fraction of sp³-hybridized carbons (Fsp3) is 0.588. The summed E-state index contributed by atoms with van der Waals surface area (Å²) in [5, 5.41) is 13.2. The van der Waals surface area contributed by atoms with Crippen LogP contribution in [-0.2, 0) is 4.79 Å². The Labute approximate surface area is 143 Å². The number of hydrogen-bond acceptors (Lipinski definition) is 4. The van der Waals surface area contributed by atoms with E-state index in [-0.39, 0.29) is 18.2 Å². The number of aliphatic hydroxyl groups excluding tert-OH is 1. The smallest absolute Gasteiger partial charge is 0.226 e. The van der Waals surface area contributed by atoms with E-state index in [1.165, 1.54) is 0 Å². The Kier molecular flexibility index (Phi) is 6.27. The van der Waals surface area contributed by atoms with E-state index in [0.717, 1.165) is 31.9 Å². The Morgan fingerprint density at radius 3 is 2.52 bits per heavy atom. The number of hydrogen-bond donors (Lipinski definition) is 2. The van der Waals surface area contributed by atoms with Crippen LogP contribution in [0.2, 0.25) is 5.02 Å². The number of halogens is 1. The highest BCUT2D eigenvalue weighted by atomic mass is 35.5. The molecule has 1 aliphatic heterocycles. The van der Waals surface area contributed by atoms with Crippen molar-refractivity contribution in [2.75, 3.05) is 43.4 Å². The number of aliphatic hydroxyl groups is 1. The summed E-state index contributed by atoms with van der Waals surface area (Å²) >= 11 is 6.38. The van der Waals surface area contributed by atoms with Crippen molar-refractivity contribution in [3.63, 3.8) is 0 Å². The number of piperazine rings is 1. The SMILES string of the molecule is CC(C)C(O)CC(=O)Nc1ccc(N2CCN(C)CC2)c(Cl)c1. The van der Waals surface area contributed by atoms with Gasteiger partial charge < -0.3 is 20.2 Å². The summed E-state index contributed by atoms with van der Waals surface area (Å²) in [7, 11) is 2.11. The van der Waals surface area contributed by atoms with Gasteiger partial charge in [0.05, 0.1) is 23.2 Å². The maximum absolute atomic E-state index is 11.9. The van der Waals surface area contributed by atoms with Gasteiger partial charge in [0.1, 0.15) is 0 Å². The third kappa shape index (κ3) is 5.09. The lowest BCUT2D eigenvalue weighted by Gasteiger charge is -2.34. The van der Waals surface area contributed by atoms with E-state index in [1.54, 1.807) is 6.07 Å². The van der Waals surface area contributed by atoms with Gasteiger partial charge in [0.2, 0.25) is 5.91 Å². The lowest BCUT2D eigenvalue weighted by Crippen LogP contribution is -2.44. The molecule has 1 atom stereocenters. The molecule has 5 nitrogen and oxygen atoms in total. The largest absolute Gasteiger partial charge is 0.392 e. The van der Waals surface area contributed by atoms with Gasteiger partial charge in [-0.3, -0.25) is 4.79 Å². The topological polar surface area (TPSA) is 55.8 Å². The van der Waals surface area contributed by atoms with E-state index in [1.807, 2.05) is 26.0 Å². The summed E-state index contributed by atoms with van der Waals surface area (Å²) in [4.78, 5) is 16.5. The first-order valence-electron chi connectivity index (χ1n) is 8.07. The van der Waals surface area contributed by atoms with Crippen molar-refractivity contribution in [3.8, 4) is 0 Å². The second kappa shape index (κ2) is 7.99. The zero-order chi connectivity index (χ0) is 17.0. The van der Waals surface area contributed by atoms with Crippen LogP contribution in [0.3, 0.4) is 0 Å². The van der Waals surface area contributed by atoms with Crippen molar-refractivity contribution >= 4 is 28.9 Å². The number of likely N-dealkylation sites (N-methyl/N-ethyl adjacent to an activating group) is 1. The second-order valence-electron chi connectivity index (χ2n) is 6.52. The Balaban J connectivity index is 1.97. The molecule has 1 heterocycles. The average Bonchev–Trinajstić information content (AvgIpc) is 2.48. The predicted octanol–water partition coefficient (Wildman–Crippen LogP) is 2.44. The van der Waals surface area contributed by atoms with E-state index >= 15 is 0 Å². The first-order chi connectivity index (χ1) is 10.9. The Morgan fingerprint density at radius 2 is 1.96 bits per heavy atom. The summed E-state index contributed by atoms with van der Waals surface area (Å²) in [6.45, 7) is 7.70. The maximum Gasteiger partial charge on any atom is 0.226 e. The summed E-state index contributed by atoms with van der Waals surface area (Å²) in [5.74, 6) is -0.140. The molecule has 2 N–H and O–H groups in total. The number of nitrogens with one attached hydrogen (secondary N) is 1. The molecule has 6 heteroatoms.